The predicted octanol–water partition coefficient (Wildman–Crippen LogP) is 4.49. The number of thiocarbonyl (C=S) groups is 1. The Labute approximate surface area is 121 Å². The van der Waals surface area contributed by atoms with Crippen LogP contribution >= 0.6 is 12.2 Å². The third kappa shape index (κ3) is 7.66. The van der Waals surface area contributed by atoms with Gasteiger partial charge in [-0.15, -0.1) is 0 Å². The molecule has 0 spiro atoms. The lowest BCUT2D eigenvalue weighted by atomic mass is 10.2. The fourth-order valence-electron chi connectivity index (χ4n) is 2.45. The highest BCUT2D eigenvalue weighted by Gasteiger charge is 2.33. The smallest absolute Gasteiger partial charge is 0.159 e. The third-order valence-corrected chi connectivity index (χ3v) is 11.0. The molecule has 0 rings (SSSR count). The quantitative estimate of drug-likeness (QED) is 0.372. The Morgan fingerprint density at radius 2 is 1.50 bits per heavy atom. The van der Waals surface area contributed by atoms with E-state index in [2.05, 4.69) is 43.5 Å². The Balaban J connectivity index is 4.11. The molecule has 2 nitrogen and oxygen atoms in total. The monoisotopic (exact) mass is 305 g/mol. The lowest BCUT2D eigenvalue weighted by Gasteiger charge is -2.43. The van der Waals surface area contributed by atoms with Gasteiger partial charge in [0.2, 0.25) is 0 Å². The lowest BCUT2D eigenvalue weighted by molar-refractivity contribution is 0.325. The molecule has 0 fully saturated rings. The highest BCUT2D eigenvalue weighted by atomic mass is 32.1. The van der Waals surface area contributed by atoms with E-state index in [4.69, 9.17) is 17.0 Å². The summed E-state index contributed by atoms with van der Waals surface area (Å²) in [6.07, 6.45) is 3.33. The van der Waals surface area contributed by atoms with E-state index in [0.717, 1.165) is 17.9 Å². The van der Waals surface area contributed by atoms with Crippen molar-refractivity contribution in [2.75, 3.05) is 13.2 Å². The molecule has 0 atom stereocenters. The second-order valence-corrected chi connectivity index (χ2v) is 17.4. The molecule has 0 saturated carbocycles. The zero-order valence-corrected chi connectivity index (χ0v) is 16.1. The standard InChI is InChI=1S/C13H31NOSSi2/c1-8-15-13(16)11-9-10-12-14(17(2,3)4)18(5,6)7/h8-12H2,1-7H3. The first-order chi connectivity index (χ1) is 8.09. The van der Waals surface area contributed by atoms with Gasteiger partial charge in [-0.2, -0.15) is 0 Å². The molecule has 0 bridgehead atoms. The van der Waals surface area contributed by atoms with Crippen LogP contribution in [0.1, 0.15) is 26.2 Å². The van der Waals surface area contributed by atoms with Gasteiger partial charge in [0.25, 0.3) is 0 Å². The van der Waals surface area contributed by atoms with Crippen molar-refractivity contribution < 1.29 is 4.74 Å². The van der Waals surface area contributed by atoms with Crippen LogP contribution in [-0.2, 0) is 4.74 Å². The minimum absolute atomic E-state index is 0.703. The first-order valence-corrected chi connectivity index (χ1v) is 14.3. The fourth-order valence-corrected chi connectivity index (χ4v) is 12.4. The summed E-state index contributed by atoms with van der Waals surface area (Å²) in [5.74, 6) is 0. The number of ether oxygens (including phenoxy) is 1. The van der Waals surface area contributed by atoms with E-state index in [0.29, 0.717) is 6.61 Å². The maximum atomic E-state index is 5.32. The first-order valence-electron chi connectivity index (χ1n) is 7.02. The van der Waals surface area contributed by atoms with Crippen LogP contribution in [-0.4, -0.2) is 38.9 Å². The molecule has 0 aliphatic heterocycles. The molecule has 0 N–H and O–H groups in total. The Morgan fingerprint density at radius 1 is 1.00 bits per heavy atom. The predicted molar refractivity (Wildman–Crippen MR) is 91.5 cm³/mol. The second kappa shape index (κ2) is 7.77. The maximum absolute atomic E-state index is 5.32. The molecule has 0 saturated heterocycles. The van der Waals surface area contributed by atoms with Crippen molar-refractivity contribution in [2.24, 2.45) is 0 Å². The van der Waals surface area contributed by atoms with Crippen LogP contribution in [0.25, 0.3) is 0 Å². The van der Waals surface area contributed by atoms with E-state index >= 15 is 0 Å². The van der Waals surface area contributed by atoms with Crippen LogP contribution in [0.5, 0.6) is 0 Å². The van der Waals surface area contributed by atoms with Crippen molar-refractivity contribution in [1.29, 1.82) is 0 Å². The summed E-state index contributed by atoms with van der Waals surface area (Å²) in [5.41, 5.74) is 0. The minimum atomic E-state index is -1.18. The molecule has 0 aromatic carbocycles. The van der Waals surface area contributed by atoms with Gasteiger partial charge in [0.15, 0.2) is 5.05 Å². The molecule has 108 valence electrons. The molecule has 18 heavy (non-hydrogen) atoms. The van der Waals surface area contributed by atoms with E-state index in [1.54, 1.807) is 0 Å². The van der Waals surface area contributed by atoms with Gasteiger partial charge in [0.05, 0.1) is 6.61 Å². The number of hydrogen-bond acceptors (Lipinski definition) is 3. The molecule has 0 amide bonds. The molecule has 5 heteroatoms. The number of rotatable bonds is 8. The van der Waals surface area contributed by atoms with Crippen molar-refractivity contribution in [3.63, 3.8) is 0 Å². The van der Waals surface area contributed by atoms with Gasteiger partial charge in [-0.1, -0.05) is 39.3 Å². The van der Waals surface area contributed by atoms with Gasteiger partial charge >= 0.3 is 0 Å². The molecule has 0 aromatic heterocycles. The second-order valence-electron chi connectivity index (χ2n) is 6.76. The summed E-state index contributed by atoms with van der Waals surface area (Å²) in [7, 11) is -2.37. The largest absolute Gasteiger partial charge is 0.487 e. The number of hydrogen-bond donors (Lipinski definition) is 0. The molecule has 0 heterocycles. The van der Waals surface area contributed by atoms with Crippen LogP contribution in [0.15, 0.2) is 0 Å². The Bertz CT molecular complexity index is 245. The van der Waals surface area contributed by atoms with Gasteiger partial charge in [-0.3, -0.25) is 0 Å². The number of nitrogens with zero attached hydrogens (tertiary/aromatic N) is 1. The summed E-state index contributed by atoms with van der Waals surface area (Å²) in [6, 6.07) is 0. The highest BCUT2D eigenvalue weighted by molar-refractivity contribution is 7.80. The van der Waals surface area contributed by atoms with Gasteiger partial charge in [-0.25, -0.2) is 0 Å². The number of unbranched alkanes of at least 4 members (excludes halogenated alkanes) is 1. The lowest BCUT2D eigenvalue weighted by Crippen LogP contribution is -2.59. The summed E-state index contributed by atoms with van der Waals surface area (Å²) < 4.78 is 8.16. The Hall–Kier alpha value is 0.284. The van der Waals surface area contributed by atoms with E-state index < -0.39 is 16.5 Å². The van der Waals surface area contributed by atoms with Crippen LogP contribution in [0.4, 0.5) is 0 Å². The van der Waals surface area contributed by atoms with Gasteiger partial charge in [0.1, 0.15) is 16.5 Å². The molecule has 0 aliphatic rings. The summed E-state index contributed by atoms with van der Waals surface area (Å²) in [5, 5.41) is 0.782. The average molecular weight is 306 g/mol. The molecule has 0 unspecified atom stereocenters. The zero-order chi connectivity index (χ0) is 14.4. The average Bonchev–Trinajstić information content (AvgIpc) is 2.13. The zero-order valence-electron chi connectivity index (χ0n) is 13.3. The molecular weight excluding hydrogens is 274 g/mol. The first kappa shape index (κ1) is 18.3. The van der Waals surface area contributed by atoms with Gasteiger partial charge < -0.3 is 8.97 Å². The van der Waals surface area contributed by atoms with Crippen LogP contribution in [0.2, 0.25) is 39.3 Å². The maximum Gasteiger partial charge on any atom is 0.159 e. The van der Waals surface area contributed by atoms with Gasteiger partial charge in [0, 0.05) is 6.42 Å². The van der Waals surface area contributed by atoms with Crippen LogP contribution in [0.3, 0.4) is 0 Å². The molecule has 0 aliphatic carbocycles. The third-order valence-electron chi connectivity index (χ3n) is 2.94. The Morgan fingerprint density at radius 3 is 1.89 bits per heavy atom. The van der Waals surface area contributed by atoms with E-state index in [-0.39, 0.29) is 0 Å². The van der Waals surface area contributed by atoms with E-state index in [1.807, 2.05) is 6.92 Å². The molecule has 0 aromatic rings. The SMILES string of the molecule is CCOC(=S)CCCCN([Si](C)(C)C)[Si](C)(C)C. The fraction of sp³-hybridized carbons (Fsp3) is 0.923. The van der Waals surface area contributed by atoms with E-state index in [9.17, 15) is 0 Å². The highest BCUT2D eigenvalue weighted by Crippen LogP contribution is 2.20. The topological polar surface area (TPSA) is 12.5 Å². The normalized spacial score (nSPS) is 12.9. The van der Waals surface area contributed by atoms with Crippen molar-refractivity contribution in [2.45, 2.75) is 65.5 Å². The summed E-state index contributed by atoms with van der Waals surface area (Å²) in [4.78, 5) is 0. The van der Waals surface area contributed by atoms with Crippen molar-refractivity contribution in [1.82, 2.24) is 4.23 Å². The van der Waals surface area contributed by atoms with Crippen LogP contribution in [0, 0.1) is 0 Å². The van der Waals surface area contributed by atoms with Gasteiger partial charge in [-0.05, 0) is 38.5 Å². The summed E-state index contributed by atoms with van der Waals surface area (Å²) in [6.45, 7) is 18.7. The van der Waals surface area contributed by atoms with Crippen molar-refractivity contribution in [3.8, 4) is 0 Å². The Kier molecular flexibility index (Phi) is 7.89. The molecular formula is C13H31NOSSi2. The summed E-state index contributed by atoms with van der Waals surface area (Å²) >= 11 is 5.16. The minimum Gasteiger partial charge on any atom is -0.487 e. The van der Waals surface area contributed by atoms with E-state index in [1.165, 1.54) is 13.0 Å². The van der Waals surface area contributed by atoms with Crippen molar-refractivity contribution in [3.05, 3.63) is 0 Å². The van der Waals surface area contributed by atoms with Crippen molar-refractivity contribution >= 4 is 33.7 Å². The van der Waals surface area contributed by atoms with Crippen LogP contribution < -0.4 is 0 Å². The molecule has 0 radical (unpaired) electrons.